The van der Waals surface area contributed by atoms with Gasteiger partial charge in [-0.25, -0.2) is 0 Å². The molecule has 0 spiro atoms. The van der Waals surface area contributed by atoms with Crippen LogP contribution in [0.1, 0.15) is 51.4 Å². The van der Waals surface area contributed by atoms with Gasteiger partial charge in [-0.15, -0.1) is 0 Å². The largest absolute Gasteiger partial charge is 0.469 e. The van der Waals surface area contributed by atoms with E-state index in [-0.39, 0.29) is 11.9 Å². The Labute approximate surface area is 163 Å². The molecule has 0 bridgehead atoms. The molecule has 5 fully saturated rings. The zero-order valence-corrected chi connectivity index (χ0v) is 16.9. The summed E-state index contributed by atoms with van der Waals surface area (Å²) in [4.78, 5) is 15.2. The van der Waals surface area contributed by atoms with E-state index in [1.165, 1.54) is 58.0 Å². The minimum absolute atomic E-state index is 0.0431. The molecule has 0 aromatic rings. The zero-order chi connectivity index (χ0) is 18.5. The summed E-state index contributed by atoms with van der Waals surface area (Å²) in [5.41, 5.74) is 0. The van der Waals surface area contributed by atoms with Crippen LogP contribution in [0.4, 0.5) is 0 Å². The third kappa shape index (κ3) is 3.05. The molecule has 3 aliphatic heterocycles. The van der Waals surface area contributed by atoms with E-state index < -0.39 is 0 Å². The van der Waals surface area contributed by atoms with Crippen LogP contribution in [-0.4, -0.2) is 62.4 Å². The molecular formula is C22H36N2O3. The molecule has 0 amide bonds. The quantitative estimate of drug-likeness (QED) is 0.750. The molecule has 3 heterocycles. The molecule has 152 valence electrons. The Balaban J connectivity index is 1.34. The maximum Gasteiger partial charge on any atom is 0.308 e. The molecule has 5 nitrogen and oxygen atoms in total. The Hall–Kier alpha value is -0.650. The molecule has 5 rings (SSSR count). The van der Waals surface area contributed by atoms with Crippen LogP contribution in [0.25, 0.3) is 0 Å². The fraction of sp³-hybridized carbons (Fsp3) is 0.955. The van der Waals surface area contributed by atoms with Gasteiger partial charge in [0, 0.05) is 31.8 Å². The van der Waals surface area contributed by atoms with Gasteiger partial charge in [0.05, 0.1) is 19.1 Å². The van der Waals surface area contributed by atoms with Gasteiger partial charge >= 0.3 is 5.97 Å². The Bertz CT molecular complexity index is 570. The van der Waals surface area contributed by atoms with Gasteiger partial charge in [-0.05, 0) is 75.2 Å². The maximum absolute atomic E-state index is 12.4. The molecular weight excluding hydrogens is 340 g/mol. The number of carbonyl (C=O) groups excluding carboxylic acids is 1. The number of ether oxygens (including phenoxy) is 2. The number of methoxy groups -OCH3 is 2. The number of esters is 1. The Morgan fingerprint density at radius 2 is 1.89 bits per heavy atom. The SMILES string of the molecule is COC(=O)C1CCCC2CN3CCC4C5CCC(OC)CC5NC4C3CC21. The van der Waals surface area contributed by atoms with Crippen LogP contribution in [-0.2, 0) is 14.3 Å². The van der Waals surface area contributed by atoms with E-state index in [2.05, 4.69) is 10.2 Å². The molecule has 0 radical (unpaired) electrons. The monoisotopic (exact) mass is 376 g/mol. The number of rotatable bonds is 2. The number of hydrogen-bond donors (Lipinski definition) is 1. The molecule has 1 N–H and O–H groups in total. The van der Waals surface area contributed by atoms with Crippen molar-refractivity contribution in [1.82, 2.24) is 10.2 Å². The van der Waals surface area contributed by atoms with Crippen molar-refractivity contribution in [3.05, 3.63) is 0 Å². The summed E-state index contributed by atoms with van der Waals surface area (Å²) in [7, 11) is 3.43. The molecule has 5 heteroatoms. The molecule has 2 saturated carbocycles. The van der Waals surface area contributed by atoms with Gasteiger partial charge in [0.2, 0.25) is 0 Å². The standard InChI is InChI=1S/C22H36N2O3/c1-26-14-6-7-15-16-8-9-24-12-13-4-3-5-17(22(25)27-2)18(13)11-20(24)21(16)23-19(15)10-14/h13-21,23H,3-12H2,1-2H3. The Morgan fingerprint density at radius 1 is 1.00 bits per heavy atom. The number of fused-ring (bicyclic) bond motifs is 6. The highest BCUT2D eigenvalue weighted by atomic mass is 16.5. The van der Waals surface area contributed by atoms with Crippen LogP contribution >= 0.6 is 0 Å². The summed E-state index contributed by atoms with van der Waals surface area (Å²) < 4.78 is 10.9. The Kier molecular flexibility index (Phi) is 4.98. The zero-order valence-electron chi connectivity index (χ0n) is 16.9. The molecule has 0 aromatic carbocycles. The van der Waals surface area contributed by atoms with Crippen LogP contribution in [0, 0.1) is 29.6 Å². The Morgan fingerprint density at radius 3 is 2.70 bits per heavy atom. The second kappa shape index (κ2) is 7.31. The topological polar surface area (TPSA) is 50.8 Å². The maximum atomic E-state index is 12.4. The van der Waals surface area contributed by atoms with Gasteiger partial charge in [-0.2, -0.15) is 0 Å². The average molecular weight is 377 g/mol. The van der Waals surface area contributed by atoms with E-state index in [0.717, 1.165) is 18.3 Å². The van der Waals surface area contributed by atoms with Gasteiger partial charge < -0.3 is 14.8 Å². The first kappa shape index (κ1) is 18.4. The van der Waals surface area contributed by atoms with E-state index in [1.807, 2.05) is 7.11 Å². The van der Waals surface area contributed by atoms with Crippen LogP contribution in [0.15, 0.2) is 0 Å². The first-order chi connectivity index (χ1) is 13.2. The van der Waals surface area contributed by atoms with Crippen molar-refractivity contribution in [2.24, 2.45) is 29.6 Å². The fourth-order valence-corrected chi connectivity index (χ4v) is 7.70. The van der Waals surface area contributed by atoms with Crippen molar-refractivity contribution in [2.75, 3.05) is 27.3 Å². The van der Waals surface area contributed by atoms with E-state index in [4.69, 9.17) is 9.47 Å². The lowest BCUT2D eigenvalue weighted by molar-refractivity contribution is -0.152. The minimum atomic E-state index is 0.0431. The van der Waals surface area contributed by atoms with E-state index in [9.17, 15) is 4.79 Å². The summed E-state index contributed by atoms with van der Waals surface area (Å²) in [6, 6.07) is 1.87. The lowest BCUT2D eigenvalue weighted by atomic mass is 9.64. The fourth-order valence-electron chi connectivity index (χ4n) is 7.70. The molecule has 27 heavy (non-hydrogen) atoms. The van der Waals surface area contributed by atoms with Gasteiger partial charge in [0.1, 0.15) is 0 Å². The normalized spacial score (nSPS) is 49.5. The predicted molar refractivity (Wildman–Crippen MR) is 103 cm³/mol. The number of nitrogens with zero attached hydrogens (tertiary/aromatic N) is 1. The van der Waals surface area contributed by atoms with Crippen molar-refractivity contribution < 1.29 is 14.3 Å². The smallest absolute Gasteiger partial charge is 0.308 e. The van der Waals surface area contributed by atoms with Crippen molar-refractivity contribution in [1.29, 1.82) is 0 Å². The lowest BCUT2D eigenvalue weighted by Crippen LogP contribution is -2.61. The summed E-state index contributed by atoms with van der Waals surface area (Å²) in [5, 5.41) is 4.07. The third-order valence-corrected chi connectivity index (χ3v) is 8.94. The van der Waals surface area contributed by atoms with Crippen molar-refractivity contribution >= 4 is 5.97 Å². The molecule has 2 aliphatic carbocycles. The summed E-state index contributed by atoms with van der Waals surface area (Å²) in [5.74, 6) is 3.06. The van der Waals surface area contributed by atoms with Crippen molar-refractivity contribution in [3.63, 3.8) is 0 Å². The summed E-state index contributed by atoms with van der Waals surface area (Å²) >= 11 is 0. The lowest BCUT2D eigenvalue weighted by Gasteiger charge is -2.53. The highest BCUT2D eigenvalue weighted by Crippen LogP contribution is 2.49. The second-order valence-electron chi connectivity index (χ2n) is 9.87. The molecule has 3 saturated heterocycles. The van der Waals surface area contributed by atoms with E-state index in [1.54, 1.807) is 7.11 Å². The highest BCUT2D eigenvalue weighted by molar-refractivity contribution is 5.72. The molecule has 9 atom stereocenters. The van der Waals surface area contributed by atoms with Crippen molar-refractivity contribution in [3.8, 4) is 0 Å². The number of carbonyl (C=O) groups is 1. The van der Waals surface area contributed by atoms with Gasteiger partial charge in [0.25, 0.3) is 0 Å². The highest BCUT2D eigenvalue weighted by Gasteiger charge is 2.54. The third-order valence-electron chi connectivity index (χ3n) is 8.94. The number of nitrogens with one attached hydrogen (secondary N) is 1. The second-order valence-corrected chi connectivity index (χ2v) is 9.87. The van der Waals surface area contributed by atoms with E-state index in [0.29, 0.717) is 36.1 Å². The average Bonchev–Trinajstić information content (AvgIpc) is 3.09. The van der Waals surface area contributed by atoms with Crippen LogP contribution in [0.3, 0.4) is 0 Å². The molecule has 9 unspecified atom stereocenters. The van der Waals surface area contributed by atoms with Gasteiger partial charge in [-0.3, -0.25) is 9.69 Å². The van der Waals surface area contributed by atoms with Gasteiger partial charge in [0.15, 0.2) is 0 Å². The summed E-state index contributed by atoms with van der Waals surface area (Å²) in [6.45, 7) is 2.46. The first-order valence-corrected chi connectivity index (χ1v) is 11.3. The van der Waals surface area contributed by atoms with Gasteiger partial charge in [-0.1, -0.05) is 6.42 Å². The molecule has 5 aliphatic rings. The van der Waals surface area contributed by atoms with Crippen LogP contribution in [0.2, 0.25) is 0 Å². The van der Waals surface area contributed by atoms with Crippen LogP contribution < -0.4 is 5.32 Å². The number of hydrogen-bond acceptors (Lipinski definition) is 5. The minimum Gasteiger partial charge on any atom is -0.469 e. The first-order valence-electron chi connectivity index (χ1n) is 11.3. The summed E-state index contributed by atoms with van der Waals surface area (Å²) in [6.07, 6.45) is 10.2. The predicted octanol–water partition coefficient (Wildman–Crippen LogP) is 2.44. The van der Waals surface area contributed by atoms with Crippen molar-refractivity contribution in [2.45, 2.75) is 75.6 Å². The molecule has 0 aromatic heterocycles. The van der Waals surface area contributed by atoms with E-state index >= 15 is 0 Å². The van der Waals surface area contributed by atoms with Crippen LogP contribution in [0.5, 0.6) is 0 Å². The number of piperidine rings is 2.